The minimum atomic E-state index is -4.68. The van der Waals surface area contributed by atoms with Crippen molar-refractivity contribution in [3.05, 3.63) is 24.3 Å². The highest BCUT2D eigenvalue weighted by molar-refractivity contribution is 5.58. The van der Waals surface area contributed by atoms with E-state index in [0.717, 1.165) is 25.9 Å². The van der Waals surface area contributed by atoms with Gasteiger partial charge in [-0.05, 0) is 44.7 Å². The number of piperidine rings is 1. The van der Waals surface area contributed by atoms with Gasteiger partial charge in [0.1, 0.15) is 6.23 Å². The zero-order valence-electron chi connectivity index (χ0n) is 15.2. The molecule has 0 aliphatic carbocycles. The Labute approximate surface area is 152 Å². The van der Waals surface area contributed by atoms with Crippen LogP contribution in [0.25, 0.3) is 0 Å². The van der Waals surface area contributed by atoms with Crippen LogP contribution in [0.15, 0.2) is 24.3 Å². The first-order valence-corrected chi connectivity index (χ1v) is 9.43. The second-order valence-corrected chi connectivity index (χ2v) is 6.93. The summed E-state index contributed by atoms with van der Waals surface area (Å²) in [7, 11) is 0. The van der Waals surface area contributed by atoms with E-state index in [1.807, 2.05) is 11.8 Å². The maximum Gasteiger partial charge on any atom is 0.573 e. The number of rotatable bonds is 6. The molecule has 0 saturated carbocycles. The predicted molar refractivity (Wildman–Crippen MR) is 94.3 cm³/mol. The van der Waals surface area contributed by atoms with E-state index in [1.54, 1.807) is 18.2 Å². The van der Waals surface area contributed by atoms with Gasteiger partial charge in [0.05, 0.1) is 5.69 Å². The van der Waals surface area contributed by atoms with Crippen LogP contribution in [0.5, 0.6) is 5.75 Å². The molecule has 2 heterocycles. The first-order chi connectivity index (χ1) is 12.5. The van der Waals surface area contributed by atoms with Crippen LogP contribution in [-0.4, -0.2) is 50.3 Å². The lowest BCUT2D eigenvalue weighted by Crippen LogP contribution is -2.46. The smallest absolute Gasteiger partial charge is 0.404 e. The first kappa shape index (κ1) is 19.3. The number of hydrogen-bond donors (Lipinski definition) is 0. The summed E-state index contributed by atoms with van der Waals surface area (Å²) in [5.41, 5.74) is 0.511. The number of alkyl halides is 3. The van der Waals surface area contributed by atoms with Gasteiger partial charge >= 0.3 is 6.36 Å². The number of hydrogen-bond acceptors (Lipinski definition) is 4. The number of ether oxygens (including phenoxy) is 2. The van der Waals surface area contributed by atoms with Crippen molar-refractivity contribution in [1.29, 1.82) is 0 Å². The van der Waals surface area contributed by atoms with Crippen molar-refractivity contribution < 1.29 is 22.6 Å². The molecule has 4 nitrogen and oxygen atoms in total. The van der Waals surface area contributed by atoms with Crippen molar-refractivity contribution in [2.24, 2.45) is 5.92 Å². The highest BCUT2D eigenvalue weighted by atomic mass is 19.4. The van der Waals surface area contributed by atoms with E-state index in [-0.39, 0.29) is 12.0 Å². The van der Waals surface area contributed by atoms with Gasteiger partial charge < -0.3 is 14.4 Å². The van der Waals surface area contributed by atoms with Gasteiger partial charge in [-0.3, -0.25) is 4.90 Å². The average molecular weight is 372 g/mol. The van der Waals surface area contributed by atoms with Gasteiger partial charge in [0.2, 0.25) is 0 Å². The summed E-state index contributed by atoms with van der Waals surface area (Å²) >= 11 is 0. The first-order valence-electron chi connectivity index (χ1n) is 9.43. The van der Waals surface area contributed by atoms with Crippen LogP contribution in [0.1, 0.15) is 32.6 Å². The van der Waals surface area contributed by atoms with E-state index in [9.17, 15) is 13.2 Å². The second kappa shape index (κ2) is 8.48. The largest absolute Gasteiger partial charge is 0.573 e. The van der Waals surface area contributed by atoms with Crippen LogP contribution < -0.4 is 9.64 Å². The summed E-state index contributed by atoms with van der Waals surface area (Å²) < 4.78 is 48.2. The molecule has 3 rings (SSSR count). The van der Waals surface area contributed by atoms with Crippen LogP contribution in [0.4, 0.5) is 18.9 Å². The van der Waals surface area contributed by atoms with Crippen LogP contribution in [-0.2, 0) is 4.74 Å². The minimum Gasteiger partial charge on any atom is -0.404 e. The number of likely N-dealkylation sites (tertiary alicyclic amines) is 1. The normalized spacial score (nSPS) is 21.2. The molecule has 2 aliphatic rings. The van der Waals surface area contributed by atoms with Gasteiger partial charge in [0, 0.05) is 38.7 Å². The zero-order valence-corrected chi connectivity index (χ0v) is 15.2. The average Bonchev–Trinajstić information content (AvgIpc) is 3.13. The molecule has 2 saturated heterocycles. The molecule has 1 atom stereocenters. The van der Waals surface area contributed by atoms with Crippen LogP contribution >= 0.6 is 0 Å². The van der Waals surface area contributed by atoms with E-state index in [0.29, 0.717) is 31.3 Å². The summed E-state index contributed by atoms with van der Waals surface area (Å²) in [5.74, 6) is 0.291. The van der Waals surface area contributed by atoms with E-state index >= 15 is 0 Å². The topological polar surface area (TPSA) is 24.9 Å². The van der Waals surface area contributed by atoms with Crippen molar-refractivity contribution in [3.8, 4) is 5.75 Å². The molecule has 0 aromatic heterocycles. The predicted octanol–water partition coefficient (Wildman–Crippen LogP) is 4.26. The summed E-state index contributed by atoms with van der Waals surface area (Å²) in [4.78, 5) is 4.41. The van der Waals surface area contributed by atoms with Crippen molar-refractivity contribution in [1.82, 2.24) is 4.90 Å². The van der Waals surface area contributed by atoms with Gasteiger partial charge in [-0.15, -0.1) is 13.2 Å². The summed E-state index contributed by atoms with van der Waals surface area (Å²) in [5, 5.41) is 0. The number of benzene rings is 1. The minimum absolute atomic E-state index is 0.126. The lowest BCUT2D eigenvalue weighted by molar-refractivity contribution is -0.274. The van der Waals surface area contributed by atoms with E-state index in [2.05, 4.69) is 9.64 Å². The Bertz CT molecular complexity index is 568. The van der Waals surface area contributed by atoms with Crippen LogP contribution in [0.2, 0.25) is 0 Å². The molecule has 2 fully saturated rings. The van der Waals surface area contributed by atoms with Crippen LogP contribution in [0, 0.1) is 5.92 Å². The van der Waals surface area contributed by atoms with Crippen molar-refractivity contribution >= 4 is 5.69 Å². The fourth-order valence-corrected chi connectivity index (χ4v) is 4.06. The Morgan fingerprint density at radius 1 is 1.08 bits per heavy atom. The second-order valence-electron chi connectivity index (χ2n) is 6.93. The number of halogens is 3. The molecule has 0 N–H and O–H groups in total. The SMILES string of the molecule is CCOC(C1CCN(c2ccccc2OC(F)(F)F)CC1)N1CCCC1. The van der Waals surface area contributed by atoms with Crippen LogP contribution in [0.3, 0.4) is 0 Å². The molecular formula is C19H27F3N2O2. The Morgan fingerprint density at radius 2 is 1.73 bits per heavy atom. The van der Waals surface area contributed by atoms with Crippen molar-refractivity contribution in [3.63, 3.8) is 0 Å². The Hall–Kier alpha value is -1.47. The van der Waals surface area contributed by atoms with E-state index < -0.39 is 6.36 Å². The standard InChI is InChI=1S/C19H27F3N2O2/c1-2-25-18(24-11-5-6-12-24)15-9-13-23(14-10-15)16-7-3-4-8-17(16)26-19(20,21)22/h3-4,7-8,15,18H,2,5-6,9-14H2,1H3. The summed E-state index contributed by atoms with van der Waals surface area (Å²) in [6.45, 7) is 6.27. The maximum absolute atomic E-state index is 12.7. The van der Waals surface area contributed by atoms with Gasteiger partial charge in [-0.2, -0.15) is 0 Å². The Morgan fingerprint density at radius 3 is 2.35 bits per heavy atom. The summed E-state index contributed by atoms with van der Waals surface area (Å²) in [6.07, 6.45) is -0.311. The third-order valence-corrected chi connectivity index (χ3v) is 5.21. The fraction of sp³-hybridized carbons (Fsp3) is 0.684. The highest BCUT2D eigenvalue weighted by Gasteiger charge is 2.35. The van der Waals surface area contributed by atoms with Gasteiger partial charge in [0.25, 0.3) is 0 Å². The highest BCUT2D eigenvalue weighted by Crippen LogP contribution is 2.36. The Kier molecular flexibility index (Phi) is 6.29. The third-order valence-electron chi connectivity index (χ3n) is 5.21. The molecule has 1 aromatic carbocycles. The van der Waals surface area contributed by atoms with Gasteiger partial charge in [-0.25, -0.2) is 0 Å². The van der Waals surface area contributed by atoms with E-state index in [4.69, 9.17) is 4.74 Å². The maximum atomic E-state index is 12.7. The molecule has 0 amide bonds. The molecule has 1 unspecified atom stereocenters. The number of anilines is 1. The lowest BCUT2D eigenvalue weighted by Gasteiger charge is -2.40. The monoisotopic (exact) mass is 372 g/mol. The lowest BCUT2D eigenvalue weighted by atomic mass is 9.93. The quantitative estimate of drug-likeness (QED) is 0.745. The zero-order chi connectivity index (χ0) is 18.6. The molecule has 0 bridgehead atoms. The molecule has 7 heteroatoms. The molecular weight excluding hydrogens is 345 g/mol. The number of para-hydroxylation sites is 2. The van der Waals surface area contributed by atoms with E-state index in [1.165, 1.54) is 18.9 Å². The number of nitrogens with zero attached hydrogens (tertiary/aromatic N) is 2. The third kappa shape index (κ3) is 4.82. The summed E-state index contributed by atoms with van der Waals surface area (Å²) in [6, 6.07) is 6.39. The molecule has 1 aromatic rings. The molecule has 26 heavy (non-hydrogen) atoms. The fourth-order valence-electron chi connectivity index (χ4n) is 4.06. The van der Waals surface area contributed by atoms with Crippen molar-refractivity contribution in [2.45, 2.75) is 45.2 Å². The van der Waals surface area contributed by atoms with Gasteiger partial charge in [0.15, 0.2) is 5.75 Å². The van der Waals surface area contributed by atoms with Crippen molar-refractivity contribution in [2.75, 3.05) is 37.7 Å². The Balaban J connectivity index is 1.65. The van der Waals surface area contributed by atoms with Gasteiger partial charge in [-0.1, -0.05) is 12.1 Å². The molecule has 0 spiro atoms. The molecule has 146 valence electrons. The molecule has 2 aliphatic heterocycles. The molecule has 0 radical (unpaired) electrons.